The minimum Gasteiger partial charge on any atom is -0.334 e. The van der Waals surface area contributed by atoms with Crippen LogP contribution >= 0.6 is 15.9 Å². The van der Waals surface area contributed by atoms with Crippen molar-refractivity contribution in [1.82, 2.24) is 4.90 Å². The molecule has 0 atom stereocenters. The Balaban J connectivity index is 4.40. The number of rotatable bonds is 3. The zero-order valence-electron chi connectivity index (χ0n) is 8.04. The number of nitrogens with zero attached hydrogens (tertiary/aromatic N) is 1. The Hall–Kier alpha value is -0.310. The fourth-order valence-electron chi connectivity index (χ4n) is 1.25. The molecule has 0 saturated heterocycles. The Labute approximate surface area is 82.8 Å². The Morgan fingerprint density at radius 2 is 1.67 bits per heavy atom. The lowest BCUT2D eigenvalue weighted by Gasteiger charge is -2.29. The molecule has 0 aromatic carbocycles. The van der Waals surface area contributed by atoms with E-state index in [9.17, 15) is 4.79 Å². The van der Waals surface area contributed by atoms with E-state index in [1.165, 1.54) is 6.08 Å². The van der Waals surface area contributed by atoms with Crippen LogP contribution in [0.1, 0.15) is 27.7 Å². The van der Waals surface area contributed by atoms with E-state index in [0.29, 0.717) is 0 Å². The fourth-order valence-corrected chi connectivity index (χ4v) is 1.47. The summed E-state index contributed by atoms with van der Waals surface area (Å²) in [5, 5.41) is 0. The molecular formula is C9H16BrNO. The van der Waals surface area contributed by atoms with E-state index in [1.807, 2.05) is 32.6 Å². The van der Waals surface area contributed by atoms with Gasteiger partial charge >= 0.3 is 0 Å². The van der Waals surface area contributed by atoms with E-state index in [1.54, 1.807) is 4.99 Å². The summed E-state index contributed by atoms with van der Waals surface area (Å²) in [6.07, 6.45) is 1.53. The predicted molar refractivity (Wildman–Crippen MR) is 55.2 cm³/mol. The summed E-state index contributed by atoms with van der Waals surface area (Å²) in [7, 11) is 0. The van der Waals surface area contributed by atoms with Crippen molar-refractivity contribution < 1.29 is 4.79 Å². The SMILES string of the molecule is CC(C)N(C(=O)/C=C\Br)C(C)C. The molecule has 70 valence electrons. The Morgan fingerprint density at radius 1 is 1.25 bits per heavy atom. The van der Waals surface area contributed by atoms with Gasteiger partial charge in [-0.2, -0.15) is 0 Å². The Kier molecular flexibility index (Phi) is 5.22. The van der Waals surface area contributed by atoms with E-state index in [0.717, 1.165) is 0 Å². The average Bonchev–Trinajstić information content (AvgIpc) is 1.85. The van der Waals surface area contributed by atoms with Crippen LogP contribution < -0.4 is 0 Å². The van der Waals surface area contributed by atoms with Gasteiger partial charge in [0.25, 0.3) is 0 Å². The van der Waals surface area contributed by atoms with Gasteiger partial charge in [0.05, 0.1) is 0 Å². The average molecular weight is 234 g/mol. The van der Waals surface area contributed by atoms with Gasteiger partial charge in [-0.3, -0.25) is 4.79 Å². The molecule has 0 N–H and O–H groups in total. The lowest BCUT2D eigenvalue weighted by molar-refractivity contribution is -0.129. The maximum Gasteiger partial charge on any atom is 0.247 e. The highest BCUT2D eigenvalue weighted by molar-refractivity contribution is 9.11. The number of carbonyl (C=O) groups is 1. The summed E-state index contributed by atoms with van der Waals surface area (Å²) in [5.74, 6) is 0.0527. The molecular weight excluding hydrogens is 218 g/mol. The number of hydrogen-bond donors (Lipinski definition) is 0. The normalized spacial score (nSPS) is 11.6. The van der Waals surface area contributed by atoms with Gasteiger partial charge < -0.3 is 4.90 Å². The molecule has 0 spiro atoms. The van der Waals surface area contributed by atoms with Crippen molar-refractivity contribution in [1.29, 1.82) is 0 Å². The third-order valence-corrected chi connectivity index (χ3v) is 1.84. The van der Waals surface area contributed by atoms with E-state index in [-0.39, 0.29) is 18.0 Å². The van der Waals surface area contributed by atoms with E-state index >= 15 is 0 Å². The Bertz CT molecular complexity index is 167. The van der Waals surface area contributed by atoms with Crippen molar-refractivity contribution >= 4 is 21.8 Å². The van der Waals surface area contributed by atoms with E-state index in [4.69, 9.17) is 0 Å². The number of halogens is 1. The minimum atomic E-state index is 0.0527. The Morgan fingerprint density at radius 3 is 1.92 bits per heavy atom. The molecule has 0 aliphatic carbocycles. The first-order chi connectivity index (χ1) is 5.50. The standard InChI is InChI=1S/C9H16BrNO/c1-7(2)11(8(3)4)9(12)5-6-10/h5-8H,1-4H3/b6-5-. The molecule has 0 heterocycles. The highest BCUT2D eigenvalue weighted by Crippen LogP contribution is 2.06. The maximum absolute atomic E-state index is 11.4. The fraction of sp³-hybridized carbons (Fsp3) is 0.667. The topological polar surface area (TPSA) is 20.3 Å². The van der Waals surface area contributed by atoms with Gasteiger partial charge in [-0.15, -0.1) is 0 Å². The summed E-state index contributed by atoms with van der Waals surface area (Å²) in [4.78, 5) is 14.9. The van der Waals surface area contributed by atoms with Crippen LogP contribution in [-0.2, 0) is 4.79 Å². The molecule has 12 heavy (non-hydrogen) atoms. The second kappa shape index (κ2) is 5.36. The lowest BCUT2D eigenvalue weighted by Crippen LogP contribution is -2.41. The lowest BCUT2D eigenvalue weighted by atomic mass is 10.2. The molecule has 2 nitrogen and oxygen atoms in total. The van der Waals surface area contributed by atoms with E-state index < -0.39 is 0 Å². The minimum absolute atomic E-state index is 0.0527. The molecule has 0 rings (SSSR count). The molecule has 0 aliphatic rings. The molecule has 0 unspecified atom stereocenters. The zero-order chi connectivity index (χ0) is 9.72. The summed E-state index contributed by atoms with van der Waals surface area (Å²) in [5.41, 5.74) is 0. The number of amides is 1. The monoisotopic (exact) mass is 233 g/mol. The zero-order valence-corrected chi connectivity index (χ0v) is 9.63. The molecule has 0 aliphatic heterocycles. The van der Waals surface area contributed by atoms with Crippen molar-refractivity contribution in [3.8, 4) is 0 Å². The van der Waals surface area contributed by atoms with Gasteiger partial charge in [0, 0.05) is 18.2 Å². The van der Waals surface area contributed by atoms with Gasteiger partial charge in [0.2, 0.25) is 5.91 Å². The highest BCUT2D eigenvalue weighted by atomic mass is 79.9. The van der Waals surface area contributed by atoms with Crippen LogP contribution in [0.25, 0.3) is 0 Å². The van der Waals surface area contributed by atoms with Gasteiger partial charge in [-0.25, -0.2) is 0 Å². The first-order valence-electron chi connectivity index (χ1n) is 4.09. The molecule has 3 heteroatoms. The van der Waals surface area contributed by atoms with Gasteiger partial charge in [0.15, 0.2) is 0 Å². The first kappa shape index (κ1) is 11.7. The van der Waals surface area contributed by atoms with Gasteiger partial charge in [-0.1, -0.05) is 15.9 Å². The number of hydrogen-bond acceptors (Lipinski definition) is 1. The van der Waals surface area contributed by atoms with Crippen molar-refractivity contribution in [2.45, 2.75) is 39.8 Å². The summed E-state index contributed by atoms with van der Waals surface area (Å²) in [6.45, 7) is 8.06. The van der Waals surface area contributed by atoms with Crippen molar-refractivity contribution in [2.24, 2.45) is 0 Å². The second-order valence-corrected chi connectivity index (χ2v) is 3.75. The van der Waals surface area contributed by atoms with Crippen LogP contribution in [0.15, 0.2) is 11.1 Å². The largest absolute Gasteiger partial charge is 0.334 e. The molecule has 0 saturated carbocycles. The molecule has 0 bridgehead atoms. The van der Waals surface area contributed by atoms with Crippen molar-refractivity contribution in [2.75, 3.05) is 0 Å². The summed E-state index contributed by atoms with van der Waals surface area (Å²) < 4.78 is 0. The molecule has 0 aromatic heterocycles. The molecule has 0 fully saturated rings. The molecule has 0 radical (unpaired) electrons. The van der Waals surface area contributed by atoms with Crippen LogP contribution in [-0.4, -0.2) is 22.9 Å². The molecule has 1 amide bonds. The van der Waals surface area contributed by atoms with Crippen LogP contribution in [0.3, 0.4) is 0 Å². The highest BCUT2D eigenvalue weighted by Gasteiger charge is 2.16. The third kappa shape index (κ3) is 3.39. The van der Waals surface area contributed by atoms with Crippen LogP contribution in [0, 0.1) is 0 Å². The predicted octanol–water partition coefficient (Wildman–Crippen LogP) is 2.54. The number of carbonyl (C=O) groups excluding carboxylic acids is 1. The van der Waals surface area contributed by atoms with Crippen LogP contribution in [0.5, 0.6) is 0 Å². The third-order valence-electron chi connectivity index (χ3n) is 1.57. The second-order valence-electron chi connectivity index (χ2n) is 3.23. The quantitative estimate of drug-likeness (QED) is 0.687. The smallest absolute Gasteiger partial charge is 0.247 e. The van der Waals surface area contributed by atoms with Gasteiger partial charge in [-0.05, 0) is 32.7 Å². The molecule has 0 aromatic rings. The van der Waals surface area contributed by atoms with Crippen LogP contribution in [0.4, 0.5) is 0 Å². The van der Waals surface area contributed by atoms with E-state index in [2.05, 4.69) is 15.9 Å². The summed E-state index contributed by atoms with van der Waals surface area (Å²) >= 11 is 3.09. The van der Waals surface area contributed by atoms with Gasteiger partial charge in [0.1, 0.15) is 0 Å². The van der Waals surface area contributed by atoms with Crippen molar-refractivity contribution in [3.63, 3.8) is 0 Å². The van der Waals surface area contributed by atoms with Crippen LogP contribution in [0.2, 0.25) is 0 Å². The maximum atomic E-state index is 11.4. The van der Waals surface area contributed by atoms with Crippen molar-refractivity contribution in [3.05, 3.63) is 11.1 Å². The summed E-state index contributed by atoms with van der Waals surface area (Å²) in [6, 6.07) is 0.502. The first-order valence-corrected chi connectivity index (χ1v) is 5.01.